The van der Waals surface area contributed by atoms with Crippen LogP contribution in [0.3, 0.4) is 0 Å². The molecule has 0 amide bonds. The molecule has 1 heterocycles. The number of nitrogens with zero attached hydrogens (tertiary/aromatic N) is 1. The summed E-state index contributed by atoms with van der Waals surface area (Å²) in [7, 11) is 2.33. The van der Waals surface area contributed by atoms with Crippen molar-refractivity contribution in [2.24, 2.45) is 0 Å². The minimum Gasteiger partial charge on any atom is -0.323 e. The van der Waals surface area contributed by atoms with E-state index in [4.69, 9.17) is 0 Å². The van der Waals surface area contributed by atoms with E-state index in [1.54, 1.807) is 0 Å². The highest BCUT2D eigenvalue weighted by molar-refractivity contribution is 4.66. The number of quaternary nitrogens is 1. The molecule has 0 radical (unpaired) electrons. The smallest absolute Gasteiger partial charge is 0.0969 e. The molecular formula is C9H18N+. The lowest BCUT2D eigenvalue weighted by Gasteiger charge is -2.36. The highest BCUT2D eigenvalue weighted by atomic mass is 15.3. The zero-order valence-electron chi connectivity index (χ0n) is 6.97. The van der Waals surface area contributed by atoms with Gasteiger partial charge in [0.25, 0.3) is 0 Å². The van der Waals surface area contributed by atoms with E-state index in [1.807, 2.05) is 6.08 Å². The van der Waals surface area contributed by atoms with Crippen molar-refractivity contribution < 1.29 is 4.48 Å². The lowest BCUT2D eigenvalue weighted by molar-refractivity contribution is -0.908. The number of hydrogen-bond acceptors (Lipinski definition) is 0. The highest BCUT2D eigenvalue weighted by Crippen LogP contribution is 2.15. The molecule has 1 nitrogen and oxygen atoms in total. The second kappa shape index (κ2) is 3.20. The molecular weight excluding hydrogens is 122 g/mol. The van der Waals surface area contributed by atoms with Crippen LogP contribution >= 0.6 is 0 Å². The SMILES string of the molecule is C=CC[N+]1(C)CCCCC1. The van der Waals surface area contributed by atoms with E-state index in [0.717, 1.165) is 6.54 Å². The van der Waals surface area contributed by atoms with Crippen molar-refractivity contribution in [3.8, 4) is 0 Å². The molecule has 0 N–H and O–H groups in total. The zero-order chi connectivity index (χ0) is 7.45. The van der Waals surface area contributed by atoms with Gasteiger partial charge in [-0.3, -0.25) is 0 Å². The molecule has 1 saturated heterocycles. The van der Waals surface area contributed by atoms with Crippen molar-refractivity contribution in [2.45, 2.75) is 19.3 Å². The fraction of sp³-hybridized carbons (Fsp3) is 0.778. The number of rotatable bonds is 2. The predicted molar refractivity (Wildman–Crippen MR) is 44.8 cm³/mol. The molecule has 0 spiro atoms. The Labute approximate surface area is 63.9 Å². The first-order valence-corrected chi connectivity index (χ1v) is 4.21. The summed E-state index contributed by atoms with van der Waals surface area (Å²) in [5.41, 5.74) is 0. The van der Waals surface area contributed by atoms with Crippen molar-refractivity contribution >= 4 is 0 Å². The summed E-state index contributed by atoms with van der Waals surface area (Å²) < 4.78 is 1.23. The predicted octanol–water partition coefficient (Wildman–Crippen LogP) is 1.80. The van der Waals surface area contributed by atoms with Gasteiger partial charge in [-0.1, -0.05) is 6.58 Å². The van der Waals surface area contributed by atoms with Crippen LogP contribution in [0.1, 0.15) is 19.3 Å². The molecule has 1 fully saturated rings. The third-order valence-electron chi connectivity index (χ3n) is 2.47. The van der Waals surface area contributed by atoms with Gasteiger partial charge in [0.1, 0.15) is 0 Å². The summed E-state index contributed by atoms with van der Waals surface area (Å²) in [5, 5.41) is 0. The van der Waals surface area contributed by atoms with Crippen LogP contribution < -0.4 is 0 Å². The molecule has 0 aliphatic carbocycles. The average Bonchev–Trinajstić information content (AvgIpc) is 1.89. The first kappa shape index (κ1) is 7.80. The Balaban J connectivity index is 2.39. The molecule has 1 rings (SSSR count). The van der Waals surface area contributed by atoms with E-state index in [9.17, 15) is 0 Å². The van der Waals surface area contributed by atoms with Gasteiger partial charge in [0, 0.05) is 0 Å². The van der Waals surface area contributed by atoms with E-state index in [0.29, 0.717) is 0 Å². The largest absolute Gasteiger partial charge is 0.323 e. The van der Waals surface area contributed by atoms with Crippen molar-refractivity contribution in [2.75, 3.05) is 26.7 Å². The second-order valence-electron chi connectivity index (χ2n) is 3.60. The third-order valence-corrected chi connectivity index (χ3v) is 2.47. The number of likely N-dealkylation sites (N-methyl/N-ethyl adjacent to an activating group) is 1. The molecule has 0 atom stereocenters. The molecule has 1 aliphatic heterocycles. The van der Waals surface area contributed by atoms with Gasteiger partial charge in [-0.2, -0.15) is 0 Å². The standard InChI is InChI=1S/C9H18N/c1-3-7-10(2)8-5-4-6-9-10/h3H,1,4-9H2,2H3/q+1. The van der Waals surface area contributed by atoms with Crippen molar-refractivity contribution in [1.82, 2.24) is 0 Å². The number of likely N-dealkylation sites (tertiary alicyclic amines) is 1. The Morgan fingerprint density at radius 3 is 2.40 bits per heavy atom. The Bertz CT molecular complexity index is 112. The first-order chi connectivity index (χ1) is 4.77. The molecule has 58 valence electrons. The molecule has 0 bridgehead atoms. The highest BCUT2D eigenvalue weighted by Gasteiger charge is 2.22. The van der Waals surface area contributed by atoms with Crippen LogP contribution in [0.25, 0.3) is 0 Å². The van der Waals surface area contributed by atoms with E-state index < -0.39 is 0 Å². The maximum absolute atomic E-state index is 3.78. The van der Waals surface area contributed by atoms with Crippen LogP contribution in [0.15, 0.2) is 12.7 Å². The van der Waals surface area contributed by atoms with Gasteiger partial charge >= 0.3 is 0 Å². The van der Waals surface area contributed by atoms with Crippen molar-refractivity contribution in [3.63, 3.8) is 0 Å². The molecule has 0 aromatic carbocycles. The summed E-state index contributed by atoms with van der Waals surface area (Å²) in [5.74, 6) is 0. The summed E-state index contributed by atoms with van der Waals surface area (Å²) >= 11 is 0. The van der Waals surface area contributed by atoms with Gasteiger partial charge in [-0.15, -0.1) is 0 Å². The van der Waals surface area contributed by atoms with Gasteiger partial charge in [-0.05, 0) is 25.3 Å². The summed E-state index contributed by atoms with van der Waals surface area (Å²) in [4.78, 5) is 0. The Kier molecular flexibility index (Phi) is 2.50. The van der Waals surface area contributed by atoms with Gasteiger partial charge in [-0.25, -0.2) is 0 Å². The molecule has 10 heavy (non-hydrogen) atoms. The fourth-order valence-corrected chi connectivity index (χ4v) is 1.77. The maximum atomic E-state index is 3.78. The quantitative estimate of drug-likeness (QED) is 0.405. The molecule has 1 heteroatoms. The average molecular weight is 140 g/mol. The van der Waals surface area contributed by atoms with Gasteiger partial charge in [0.15, 0.2) is 0 Å². The lowest BCUT2D eigenvalue weighted by Crippen LogP contribution is -2.47. The van der Waals surface area contributed by atoms with E-state index in [-0.39, 0.29) is 0 Å². The second-order valence-corrected chi connectivity index (χ2v) is 3.60. The zero-order valence-corrected chi connectivity index (χ0v) is 6.97. The topological polar surface area (TPSA) is 0 Å². The minimum atomic E-state index is 1.15. The van der Waals surface area contributed by atoms with E-state index in [2.05, 4.69) is 13.6 Å². The van der Waals surface area contributed by atoms with Crippen LogP contribution in [-0.2, 0) is 0 Å². The Morgan fingerprint density at radius 1 is 1.30 bits per heavy atom. The summed E-state index contributed by atoms with van der Waals surface area (Å²) in [6.07, 6.45) is 6.30. The molecule has 1 aliphatic rings. The van der Waals surface area contributed by atoms with E-state index >= 15 is 0 Å². The summed E-state index contributed by atoms with van der Waals surface area (Å²) in [6.45, 7) is 7.64. The Morgan fingerprint density at radius 2 is 1.90 bits per heavy atom. The van der Waals surface area contributed by atoms with Crippen LogP contribution in [0.2, 0.25) is 0 Å². The van der Waals surface area contributed by atoms with Crippen molar-refractivity contribution in [1.29, 1.82) is 0 Å². The van der Waals surface area contributed by atoms with Gasteiger partial charge in [0.05, 0.1) is 26.7 Å². The van der Waals surface area contributed by atoms with Crippen molar-refractivity contribution in [3.05, 3.63) is 12.7 Å². The third kappa shape index (κ3) is 1.84. The fourth-order valence-electron chi connectivity index (χ4n) is 1.77. The monoisotopic (exact) mass is 140 g/mol. The normalized spacial score (nSPS) is 24.1. The number of piperidine rings is 1. The number of hydrogen-bond donors (Lipinski definition) is 0. The van der Waals surface area contributed by atoms with Crippen LogP contribution in [0.5, 0.6) is 0 Å². The van der Waals surface area contributed by atoms with Crippen LogP contribution in [0, 0.1) is 0 Å². The van der Waals surface area contributed by atoms with Crippen LogP contribution in [0.4, 0.5) is 0 Å². The molecule has 0 aromatic heterocycles. The molecule has 0 saturated carbocycles. The maximum Gasteiger partial charge on any atom is 0.0969 e. The first-order valence-electron chi connectivity index (χ1n) is 4.21. The molecule has 0 aromatic rings. The van der Waals surface area contributed by atoms with Gasteiger partial charge < -0.3 is 4.48 Å². The van der Waals surface area contributed by atoms with Crippen LogP contribution in [-0.4, -0.2) is 31.2 Å². The molecule has 0 unspecified atom stereocenters. The lowest BCUT2D eigenvalue weighted by atomic mass is 10.1. The minimum absolute atomic E-state index is 1.15. The van der Waals surface area contributed by atoms with E-state index in [1.165, 1.54) is 36.8 Å². The Hall–Kier alpha value is -0.300. The van der Waals surface area contributed by atoms with Gasteiger partial charge in [0.2, 0.25) is 0 Å². The summed E-state index contributed by atoms with van der Waals surface area (Å²) in [6, 6.07) is 0.